The Kier molecular flexibility index (Phi) is 8.12. The molecule has 2 aromatic rings. The van der Waals surface area contributed by atoms with Crippen molar-refractivity contribution in [1.82, 2.24) is 15.5 Å². The molecule has 1 saturated heterocycles. The van der Waals surface area contributed by atoms with Gasteiger partial charge in [-0.25, -0.2) is 4.79 Å². The predicted octanol–water partition coefficient (Wildman–Crippen LogP) is -0.504. The summed E-state index contributed by atoms with van der Waals surface area (Å²) in [5.74, 6) is -3.89. The largest absolute Gasteiger partial charge is 0.547 e. The van der Waals surface area contributed by atoms with Crippen LogP contribution in [0.15, 0.2) is 42.5 Å². The maximum Gasteiger partial charge on any atom is 0.547 e. The van der Waals surface area contributed by atoms with Crippen molar-refractivity contribution < 1.29 is 48.3 Å². The first-order valence-electron chi connectivity index (χ1n) is 12.1. The van der Waals surface area contributed by atoms with Gasteiger partial charge in [-0.15, -0.1) is 0 Å². The maximum atomic E-state index is 13.5. The van der Waals surface area contributed by atoms with Gasteiger partial charge in [0.15, 0.2) is 0 Å². The molecule has 6 N–H and O–H groups in total. The van der Waals surface area contributed by atoms with Gasteiger partial charge in [-0.1, -0.05) is 24.3 Å². The molecule has 2 heterocycles. The quantitative estimate of drug-likeness (QED) is 0.190. The molecule has 0 saturated carbocycles. The molecule has 0 radical (unpaired) electrons. The van der Waals surface area contributed by atoms with E-state index >= 15 is 0 Å². The summed E-state index contributed by atoms with van der Waals surface area (Å²) >= 11 is 0. The number of carboxylic acid groups (broad SMARTS) is 1. The summed E-state index contributed by atoms with van der Waals surface area (Å²) in [6.45, 7) is 1.74. The van der Waals surface area contributed by atoms with E-state index in [4.69, 9.17) is 4.65 Å². The zero-order valence-corrected chi connectivity index (χ0v) is 21.7. The molecular weight excluding hydrogens is 532 g/mol. The number of carbonyl (C=O) groups is 4. The maximum absolute atomic E-state index is 13.5. The fourth-order valence-electron chi connectivity index (χ4n) is 4.80. The SMILES string of the molecule is CC(=O)N1CCC[C@H]1C(=O)NC(C(=O)N[C@H]1Cc2cccc(C(=O)O)c2OB1O)c1ccc(P(=O)(O)O)cc1. The molecular formula is C24H27BN3O10P. The number of carboxylic acids is 1. The first kappa shape index (κ1) is 28.3. The molecule has 0 aliphatic carbocycles. The fraction of sp³-hybridized carbons (Fsp3) is 0.333. The summed E-state index contributed by atoms with van der Waals surface area (Å²) in [5, 5.41) is 24.9. The van der Waals surface area contributed by atoms with E-state index in [1.165, 1.54) is 36.1 Å². The van der Waals surface area contributed by atoms with Crippen molar-refractivity contribution in [3.63, 3.8) is 0 Å². The molecule has 1 unspecified atom stereocenters. The molecule has 0 spiro atoms. The average molecular weight is 559 g/mol. The van der Waals surface area contributed by atoms with Gasteiger partial charge in [0.25, 0.3) is 0 Å². The van der Waals surface area contributed by atoms with Crippen molar-refractivity contribution in [2.75, 3.05) is 6.54 Å². The molecule has 39 heavy (non-hydrogen) atoms. The van der Waals surface area contributed by atoms with Crippen LogP contribution in [0.1, 0.15) is 47.3 Å². The zero-order valence-electron chi connectivity index (χ0n) is 20.8. The molecule has 3 atom stereocenters. The molecule has 13 nitrogen and oxygen atoms in total. The normalized spacial score (nSPS) is 19.5. The molecule has 3 amide bonds. The highest BCUT2D eigenvalue weighted by atomic mass is 31.2. The van der Waals surface area contributed by atoms with Gasteiger partial charge in [-0.3, -0.25) is 18.9 Å². The number of carbonyl (C=O) groups excluding carboxylic acids is 3. The number of nitrogens with zero attached hydrogens (tertiary/aromatic N) is 1. The Balaban J connectivity index is 1.59. The van der Waals surface area contributed by atoms with Crippen molar-refractivity contribution in [1.29, 1.82) is 0 Å². The number of nitrogens with one attached hydrogen (secondary N) is 2. The van der Waals surface area contributed by atoms with Gasteiger partial charge < -0.3 is 40.1 Å². The number of likely N-dealkylation sites (tertiary alicyclic amines) is 1. The van der Waals surface area contributed by atoms with Crippen molar-refractivity contribution in [3.8, 4) is 5.75 Å². The minimum absolute atomic E-state index is 0.00793. The fourth-order valence-corrected chi connectivity index (χ4v) is 5.34. The average Bonchev–Trinajstić information content (AvgIpc) is 3.37. The number of fused-ring (bicyclic) bond motifs is 1. The number of hydrogen-bond donors (Lipinski definition) is 6. The Bertz CT molecular complexity index is 1350. The third-order valence-corrected chi connectivity index (χ3v) is 7.72. The van der Waals surface area contributed by atoms with Gasteiger partial charge in [0.1, 0.15) is 17.8 Å². The van der Waals surface area contributed by atoms with Gasteiger partial charge in [0.2, 0.25) is 17.7 Å². The van der Waals surface area contributed by atoms with E-state index in [2.05, 4.69) is 10.6 Å². The smallest absolute Gasteiger partial charge is 0.534 e. The van der Waals surface area contributed by atoms with Crippen LogP contribution in [0.5, 0.6) is 5.75 Å². The Morgan fingerprint density at radius 1 is 1.13 bits per heavy atom. The minimum Gasteiger partial charge on any atom is -0.534 e. The van der Waals surface area contributed by atoms with E-state index in [0.29, 0.717) is 24.9 Å². The predicted molar refractivity (Wildman–Crippen MR) is 137 cm³/mol. The van der Waals surface area contributed by atoms with Crippen LogP contribution in [-0.2, 0) is 25.4 Å². The van der Waals surface area contributed by atoms with E-state index in [1.54, 1.807) is 6.07 Å². The highest BCUT2D eigenvalue weighted by molar-refractivity contribution is 7.60. The minimum atomic E-state index is -4.56. The van der Waals surface area contributed by atoms with Crippen molar-refractivity contribution in [3.05, 3.63) is 59.2 Å². The zero-order chi connectivity index (χ0) is 28.5. The molecule has 2 aromatic carbocycles. The van der Waals surface area contributed by atoms with Crippen LogP contribution in [-0.4, -0.2) is 74.2 Å². The van der Waals surface area contributed by atoms with E-state index in [0.717, 1.165) is 12.1 Å². The van der Waals surface area contributed by atoms with Gasteiger partial charge in [0.05, 0.1) is 16.8 Å². The molecule has 2 aliphatic rings. The van der Waals surface area contributed by atoms with Gasteiger partial charge >= 0.3 is 20.7 Å². The topological polar surface area (TPSA) is 203 Å². The lowest BCUT2D eigenvalue weighted by Crippen LogP contribution is -2.56. The number of hydrogen-bond acceptors (Lipinski definition) is 7. The van der Waals surface area contributed by atoms with Gasteiger partial charge in [-0.2, -0.15) is 0 Å². The molecule has 0 aromatic heterocycles. The number of para-hydroxylation sites is 1. The van der Waals surface area contributed by atoms with E-state index in [9.17, 15) is 43.7 Å². The second kappa shape index (κ2) is 11.2. The lowest BCUT2D eigenvalue weighted by molar-refractivity contribution is -0.138. The van der Waals surface area contributed by atoms with E-state index in [-0.39, 0.29) is 34.5 Å². The summed E-state index contributed by atoms with van der Waals surface area (Å²) in [4.78, 5) is 70.3. The first-order chi connectivity index (χ1) is 18.4. The Labute approximate surface area is 223 Å². The van der Waals surface area contributed by atoms with Gasteiger partial charge in [0, 0.05) is 13.5 Å². The second-order valence-corrected chi connectivity index (χ2v) is 11.0. The van der Waals surface area contributed by atoms with Crippen LogP contribution < -0.4 is 20.6 Å². The summed E-state index contributed by atoms with van der Waals surface area (Å²) in [6, 6.07) is 7.16. The van der Waals surface area contributed by atoms with Crippen LogP contribution in [0.3, 0.4) is 0 Å². The van der Waals surface area contributed by atoms with Crippen LogP contribution in [0.4, 0.5) is 0 Å². The second-order valence-electron chi connectivity index (χ2n) is 9.37. The number of aromatic carboxylic acids is 1. The van der Waals surface area contributed by atoms with Crippen LogP contribution in [0.2, 0.25) is 0 Å². The third kappa shape index (κ3) is 6.14. The van der Waals surface area contributed by atoms with Crippen molar-refractivity contribution >= 4 is 43.7 Å². The van der Waals surface area contributed by atoms with Crippen LogP contribution >= 0.6 is 7.60 Å². The Hall–Kier alpha value is -3.71. The molecule has 2 aliphatic heterocycles. The van der Waals surface area contributed by atoms with Crippen LogP contribution in [0, 0.1) is 0 Å². The lowest BCUT2D eigenvalue weighted by atomic mass is 9.72. The summed E-state index contributed by atoms with van der Waals surface area (Å²) in [7, 11) is -6.16. The lowest BCUT2D eigenvalue weighted by Gasteiger charge is -2.31. The first-order valence-corrected chi connectivity index (χ1v) is 13.7. The Morgan fingerprint density at radius 2 is 1.82 bits per heavy atom. The summed E-state index contributed by atoms with van der Waals surface area (Å²) in [5.41, 5.74) is 0.503. The van der Waals surface area contributed by atoms with E-state index in [1.807, 2.05) is 0 Å². The third-order valence-electron chi connectivity index (χ3n) is 6.75. The monoisotopic (exact) mass is 559 g/mol. The highest BCUT2D eigenvalue weighted by Gasteiger charge is 2.40. The highest BCUT2D eigenvalue weighted by Crippen LogP contribution is 2.34. The molecule has 206 valence electrons. The molecule has 1 fully saturated rings. The van der Waals surface area contributed by atoms with Crippen LogP contribution in [0.25, 0.3) is 0 Å². The number of amides is 3. The van der Waals surface area contributed by atoms with Gasteiger partial charge in [-0.05, 0) is 48.6 Å². The number of rotatable bonds is 7. The summed E-state index contributed by atoms with van der Waals surface area (Å²) < 4.78 is 17.0. The molecule has 0 bridgehead atoms. The molecule has 15 heteroatoms. The van der Waals surface area contributed by atoms with E-state index < -0.39 is 50.5 Å². The Morgan fingerprint density at radius 3 is 2.44 bits per heavy atom. The summed E-state index contributed by atoms with van der Waals surface area (Å²) in [6.07, 6.45) is 1.03. The van der Waals surface area contributed by atoms with Crippen molar-refractivity contribution in [2.45, 2.75) is 44.2 Å². The molecule has 4 rings (SSSR count). The number of benzene rings is 2. The standard InChI is InChI=1S/C24H27BN3O10P/c1-13(29)28-11-3-6-18(28)22(30)27-20(14-7-9-16(10-8-14)39(35,36)37)23(31)26-19-12-15-4-2-5-17(24(32)33)21(15)38-25(19)34/h2,4-5,7-10,18-20,34H,3,6,11-12H2,1H3,(H,26,31)(H,27,30)(H,32,33)(H2,35,36,37)/t18-,19-,20?/m0/s1. The van der Waals surface area contributed by atoms with Crippen molar-refractivity contribution in [2.24, 2.45) is 0 Å².